The van der Waals surface area contributed by atoms with E-state index in [0.717, 1.165) is 22.2 Å². The number of aromatic nitrogens is 1. The summed E-state index contributed by atoms with van der Waals surface area (Å²) in [7, 11) is 0. The van der Waals surface area contributed by atoms with Crippen molar-refractivity contribution in [1.82, 2.24) is 9.99 Å². The average molecular weight is 407 g/mol. The van der Waals surface area contributed by atoms with Crippen LogP contribution < -0.4 is 10.4 Å². The fourth-order valence-corrected chi connectivity index (χ4v) is 4.07. The van der Waals surface area contributed by atoms with Gasteiger partial charge in [-0.2, -0.15) is 0 Å². The predicted molar refractivity (Wildman–Crippen MR) is 122 cm³/mol. The average Bonchev–Trinajstić information content (AvgIpc) is 3.24. The first-order valence-corrected chi connectivity index (χ1v) is 10.2. The van der Waals surface area contributed by atoms with Crippen molar-refractivity contribution in [2.75, 3.05) is 5.01 Å². The Morgan fingerprint density at radius 2 is 1.48 bits per heavy atom. The molecule has 1 saturated heterocycles. The summed E-state index contributed by atoms with van der Waals surface area (Å²) in [6.45, 7) is 2.74. The Kier molecular flexibility index (Phi) is 4.64. The summed E-state index contributed by atoms with van der Waals surface area (Å²) >= 11 is 0. The number of rotatable bonds is 4. The number of benzene rings is 3. The molecule has 5 rings (SSSR count). The maximum atomic E-state index is 13.0. The van der Waals surface area contributed by atoms with Crippen LogP contribution in [-0.4, -0.2) is 16.4 Å². The first-order chi connectivity index (χ1) is 15.1. The lowest BCUT2D eigenvalue weighted by atomic mass is 10.1. The molecule has 0 aliphatic carbocycles. The summed E-state index contributed by atoms with van der Waals surface area (Å²) in [4.78, 5) is 25.7. The van der Waals surface area contributed by atoms with Gasteiger partial charge in [-0.25, -0.2) is 5.01 Å². The normalized spacial score (nSPS) is 15.1. The second-order valence-electron chi connectivity index (χ2n) is 7.56. The smallest absolute Gasteiger partial charge is 0.282 e. The zero-order chi connectivity index (χ0) is 21.4. The van der Waals surface area contributed by atoms with Crippen LogP contribution in [0.2, 0.25) is 0 Å². The molecule has 1 aliphatic rings. The van der Waals surface area contributed by atoms with Crippen molar-refractivity contribution >= 4 is 34.5 Å². The highest BCUT2D eigenvalue weighted by Gasteiger charge is 2.34. The predicted octanol–water partition coefficient (Wildman–Crippen LogP) is 4.46. The molecule has 1 aromatic heterocycles. The Balaban J connectivity index is 1.59. The van der Waals surface area contributed by atoms with Gasteiger partial charge in [-0.3, -0.25) is 15.0 Å². The maximum absolute atomic E-state index is 13.0. The topological polar surface area (TPSA) is 54.3 Å². The van der Waals surface area contributed by atoms with Crippen LogP contribution in [-0.2, 0) is 16.1 Å². The summed E-state index contributed by atoms with van der Waals surface area (Å²) in [5.41, 5.74) is 7.60. The van der Waals surface area contributed by atoms with Gasteiger partial charge in [-0.05, 0) is 36.8 Å². The van der Waals surface area contributed by atoms with Crippen molar-refractivity contribution < 1.29 is 9.59 Å². The summed E-state index contributed by atoms with van der Waals surface area (Å²) in [5.74, 6) is -0.747. The summed E-state index contributed by atoms with van der Waals surface area (Å²) in [6, 6.07) is 27.4. The molecule has 1 N–H and O–H groups in total. The highest BCUT2D eigenvalue weighted by atomic mass is 16.2. The van der Waals surface area contributed by atoms with Crippen LogP contribution in [0.3, 0.4) is 0 Å². The lowest BCUT2D eigenvalue weighted by Crippen LogP contribution is -2.35. The first-order valence-electron chi connectivity index (χ1n) is 10.2. The second-order valence-corrected chi connectivity index (χ2v) is 7.56. The van der Waals surface area contributed by atoms with Gasteiger partial charge >= 0.3 is 0 Å². The number of carbonyl (C=O) groups is 2. The molecule has 0 spiro atoms. The minimum Gasteiger partial charge on any atom is -0.340 e. The molecular formula is C26H21N3O2. The van der Waals surface area contributed by atoms with E-state index in [1.54, 1.807) is 18.2 Å². The fraction of sp³-hybridized carbons (Fsp3) is 0.0769. The van der Waals surface area contributed by atoms with Gasteiger partial charge in [0.1, 0.15) is 5.57 Å². The van der Waals surface area contributed by atoms with E-state index < -0.39 is 5.91 Å². The zero-order valence-corrected chi connectivity index (χ0v) is 17.1. The molecule has 1 fully saturated rings. The van der Waals surface area contributed by atoms with Gasteiger partial charge in [-0.1, -0.05) is 66.7 Å². The van der Waals surface area contributed by atoms with E-state index in [-0.39, 0.29) is 11.5 Å². The van der Waals surface area contributed by atoms with Gasteiger partial charge in [0.25, 0.3) is 11.8 Å². The number of amides is 2. The van der Waals surface area contributed by atoms with E-state index in [0.29, 0.717) is 12.2 Å². The molecule has 0 bridgehead atoms. The van der Waals surface area contributed by atoms with Crippen molar-refractivity contribution in [2.24, 2.45) is 0 Å². The first kappa shape index (κ1) is 18.9. The van der Waals surface area contributed by atoms with Gasteiger partial charge < -0.3 is 4.57 Å². The zero-order valence-electron chi connectivity index (χ0n) is 17.1. The Morgan fingerprint density at radius 1 is 0.839 bits per heavy atom. The third kappa shape index (κ3) is 3.30. The molecule has 2 heterocycles. The summed E-state index contributed by atoms with van der Waals surface area (Å²) in [5, 5.41) is 2.31. The minimum absolute atomic E-state index is 0.134. The molecular weight excluding hydrogens is 386 g/mol. The molecule has 0 saturated carbocycles. The lowest BCUT2D eigenvalue weighted by molar-refractivity contribution is -0.117. The van der Waals surface area contributed by atoms with E-state index in [1.165, 1.54) is 10.6 Å². The fourth-order valence-electron chi connectivity index (χ4n) is 4.07. The van der Waals surface area contributed by atoms with Gasteiger partial charge in [0.15, 0.2) is 0 Å². The SMILES string of the molecule is Cc1c(/C=C2/C(=O)NN(c3ccccc3)C2=O)c2ccccc2n1Cc1ccccc1. The molecule has 0 radical (unpaired) electrons. The Morgan fingerprint density at radius 3 is 2.23 bits per heavy atom. The third-order valence-corrected chi connectivity index (χ3v) is 5.66. The monoisotopic (exact) mass is 407 g/mol. The van der Waals surface area contributed by atoms with Crippen LogP contribution in [0, 0.1) is 6.92 Å². The number of hydrogen-bond donors (Lipinski definition) is 1. The van der Waals surface area contributed by atoms with Crippen LogP contribution in [0.15, 0.2) is 90.5 Å². The van der Waals surface area contributed by atoms with Gasteiger partial charge in [0.05, 0.1) is 5.69 Å². The highest BCUT2D eigenvalue weighted by molar-refractivity contribution is 6.32. The van der Waals surface area contributed by atoms with Crippen molar-refractivity contribution in [3.8, 4) is 0 Å². The lowest BCUT2D eigenvalue weighted by Gasteiger charge is -2.13. The Hall–Kier alpha value is -4.12. The van der Waals surface area contributed by atoms with Crippen molar-refractivity contribution in [1.29, 1.82) is 0 Å². The maximum Gasteiger partial charge on any atom is 0.282 e. The molecule has 4 aromatic rings. The number of anilines is 1. The number of nitrogens with one attached hydrogen (secondary N) is 1. The van der Waals surface area contributed by atoms with Crippen molar-refractivity contribution in [3.05, 3.63) is 107 Å². The molecule has 1 aliphatic heterocycles. The van der Waals surface area contributed by atoms with Crippen LogP contribution in [0.1, 0.15) is 16.8 Å². The number of carbonyl (C=O) groups excluding carboxylic acids is 2. The molecule has 3 aromatic carbocycles. The van der Waals surface area contributed by atoms with Crippen molar-refractivity contribution in [3.63, 3.8) is 0 Å². The number of hydrazine groups is 1. The van der Waals surface area contributed by atoms with Gasteiger partial charge in [0, 0.05) is 28.7 Å². The molecule has 0 atom stereocenters. The molecule has 5 heteroatoms. The molecule has 2 amide bonds. The van der Waals surface area contributed by atoms with Crippen LogP contribution >= 0.6 is 0 Å². The van der Waals surface area contributed by atoms with Crippen LogP contribution in [0.4, 0.5) is 5.69 Å². The number of para-hydroxylation sites is 2. The number of nitrogens with zero attached hydrogens (tertiary/aromatic N) is 2. The van der Waals surface area contributed by atoms with Crippen LogP contribution in [0.5, 0.6) is 0 Å². The largest absolute Gasteiger partial charge is 0.340 e. The van der Waals surface area contributed by atoms with E-state index >= 15 is 0 Å². The minimum atomic E-state index is -0.395. The van der Waals surface area contributed by atoms with E-state index in [1.807, 2.05) is 61.5 Å². The molecule has 5 nitrogen and oxygen atoms in total. The van der Waals surface area contributed by atoms with Gasteiger partial charge in [-0.15, -0.1) is 0 Å². The number of fused-ring (bicyclic) bond motifs is 1. The Bertz CT molecular complexity index is 1320. The second kappa shape index (κ2) is 7.61. The summed E-state index contributed by atoms with van der Waals surface area (Å²) in [6.07, 6.45) is 1.72. The van der Waals surface area contributed by atoms with E-state index in [9.17, 15) is 9.59 Å². The standard InChI is InChI=1S/C26H21N3O2/c1-18-22(16-23-25(30)27-29(26(23)31)20-12-6-3-7-13-20)21-14-8-9-15-24(21)28(18)17-19-10-4-2-5-11-19/h2-16H,17H2,1H3,(H,27,30)/b23-16-. The van der Waals surface area contributed by atoms with Gasteiger partial charge in [0.2, 0.25) is 0 Å². The van der Waals surface area contributed by atoms with E-state index in [4.69, 9.17) is 0 Å². The quantitative estimate of drug-likeness (QED) is 0.401. The van der Waals surface area contributed by atoms with Crippen LogP contribution in [0.25, 0.3) is 17.0 Å². The summed E-state index contributed by atoms with van der Waals surface area (Å²) < 4.78 is 2.23. The molecule has 31 heavy (non-hydrogen) atoms. The van der Waals surface area contributed by atoms with Crippen molar-refractivity contribution in [2.45, 2.75) is 13.5 Å². The Labute approximate surface area is 180 Å². The molecule has 152 valence electrons. The third-order valence-electron chi connectivity index (χ3n) is 5.66. The number of hydrogen-bond acceptors (Lipinski definition) is 2. The highest BCUT2D eigenvalue weighted by Crippen LogP contribution is 2.30. The van der Waals surface area contributed by atoms with E-state index in [2.05, 4.69) is 28.2 Å². The molecule has 0 unspecified atom stereocenters.